The van der Waals surface area contributed by atoms with Crippen LogP contribution in [0.15, 0.2) is 18.2 Å². The molecule has 5 heteroatoms. The molecule has 0 saturated carbocycles. The summed E-state index contributed by atoms with van der Waals surface area (Å²) in [4.78, 5) is 2.05. The van der Waals surface area contributed by atoms with Crippen LogP contribution in [0.1, 0.15) is 200 Å². The van der Waals surface area contributed by atoms with Crippen molar-refractivity contribution in [3.63, 3.8) is 0 Å². The normalized spacial score (nSPS) is 11.7. The Hall–Kier alpha value is -1.30. The van der Waals surface area contributed by atoms with Crippen LogP contribution in [0.5, 0.6) is 11.5 Å². The molecule has 0 aliphatic carbocycles. The van der Waals surface area contributed by atoms with E-state index in [2.05, 4.69) is 39.0 Å². The van der Waals surface area contributed by atoms with Crippen LogP contribution in [0, 0.1) is 0 Å². The predicted molar refractivity (Wildman–Crippen MR) is 212 cm³/mol. The number of rotatable bonds is 38. The van der Waals surface area contributed by atoms with Crippen LogP contribution in [0.2, 0.25) is 0 Å². The number of aliphatic hydroxyl groups excluding tert-OH is 2. The average molecular weight is 690 g/mol. The average Bonchev–Trinajstić information content (AvgIpc) is 3.10. The van der Waals surface area contributed by atoms with Crippen LogP contribution in [0.3, 0.4) is 0 Å². The maximum Gasteiger partial charge on any atom is 0.123 e. The van der Waals surface area contributed by atoms with Gasteiger partial charge in [-0.25, -0.2) is 0 Å². The van der Waals surface area contributed by atoms with Gasteiger partial charge >= 0.3 is 0 Å². The summed E-state index contributed by atoms with van der Waals surface area (Å²) in [7, 11) is 0. The monoisotopic (exact) mass is 690 g/mol. The van der Waals surface area contributed by atoms with Gasteiger partial charge in [-0.05, 0) is 56.2 Å². The summed E-state index contributed by atoms with van der Waals surface area (Å²) in [5, 5.41) is 18.8. The lowest BCUT2D eigenvalue weighted by Crippen LogP contribution is -2.33. The lowest BCUT2D eigenvalue weighted by molar-refractivity contribution is 0.141. The van der Waals surface area contributed by atoms with E-state index in [1.807, 2.05) is 4.90 Å². The molecule has 1 aromatic carbocycles. The maximum absolute atomic E-state index is 9.40. The van der Waals surface area contributed by atoms with Crippen LogP contribution >= 0.6 is 0 Å². The summed E-state index contributed by atoms with van der Waals surface area (Å²) in [6.45, 7) is 9.35. The van der Waals surface area contributed by atoms with Gasteiger partial charge in [0.25, 0.3) is 0 Å². The molecule has 0 aliphatic rings. The molecule has 5 nitrogen and oxygen atoms in total. The van der Waals surface area contributed by atoms with E-state index < -0.39 is 0 Å². The van der Waals surface area contributed by atoms with E-state index in [9.17, 15) is 10.2 Å². The summed E-state index contributed by atoms with van der Waals surface area (Å²) >= 11 is 0. The topological polar surface area (TPSA) is 62.2 Å². The van der Waals surface area contributed by atoms with Gasteiger partial charge in [-0.15, -0.1) is 0 Å². The highest BCUT2D eigenvalue weighted by atomic mass is 16.5. The van der Waals surface area contributed by atoms with Crippen molar-refractivity contribution in [2.24, 2.45) is 0 Å². The number of benzene rings is 1. The van der Waals surface area contributed by atoms with Gasteiger partial charge < -0.3 is 19.7 Å². The summed E-state index contributed by atoms with van der Waals surface area (Å²) < 4.78 is 13.1. The van der Waals surface area contributed by atoms with E-state index in [1.54, 1.807) is 0 Å². The largest absolute Gasteiger partial charge is 0.492 e. The van der Waals surface area contributed by atoms with E-state index in [1.165, 1.54) is 166 Å². The molecule has 0 aromatic heterocycles. The molecule has 0 aliphatic heterocycles. The van der Waals surface area contributed by atoms with Crippen molar-refractivity contribution >= 4 is 0 Å². The summed E-state index contributed by atoms with van der Waals surface area (Å²) in [5.74, 6) is 1.85. The van der Waals surface area contributed by atoms with Gasteiger partial charge in [0.1, 0.15) is 18.1 Å². The number of unbranched alkanes of at least 4 members (excludes halogenated alkanes) is 22. The van der Waals surface area contributed by atoms with Crippen molar-refractivity contribution in [1.82, 2.24) is 4.90 Å². The minimum Gasteiger partial charge on any atom is -0.492 e. The zero-order chi connectivity index (χ0) is 35.5. The van der Waals surface area contributed by atoms with Gasteiger partial charge in [0.15, 0.2) is 0 Å². The van der Waals surface area contributed by atoms with E-state index in [0.29, 0.717) is 26.2 Å². The lowest BCUT2D eigenvalue weighted by Gasteiger charge is -2.22. The maximum atomic E-state index is 9.40. The van der Waals surface area contributed by atoms with Crippen LogP contribution < -0.4 is 9.47 Å². The van der Waals surface area contributed by atoms with Crippen molar-refractivity contribution in [1.29, 1.82) is 0 Å². The first-order chi connectivity index (χ1) is 24.2. The molecule has 1 aromatic rings. The minimum atomic E-state index is 0.0885. The zero-order valence-corrected chi connectivity index (χ0v) is 33.0. The number of nitrogens with zero attached hydrogens (tertiary/aromatic N) is 1. The fourth-order valence-electron chi connectivity index (χ4n) is 6.94. The third kappa shape index (κ3) is 28.0. The second-order valence-electron chi connectivity index (χ2n) is 14.8. The molecule has 49 heavy (non-hydrogen) atoms. The molecule has 1 rings (SSSR count). The van der Waals surface area contributed by atoms with Gasteiger partial charge in [-0.3, -0.25) is 4.90 Å². The summed E-state index contributed by atoms with van der Waals surface area (Å²) in [6.07, 6.45) is 37.2. The Balaban J connectivity index is 2.73. The van der Waals surface area contributed by atoms with E-state index in [-0.39, 0.29) is 19.3 Å². The molecule has 0 heterocycles. The highest BCUT2D eigenvalue weighted by Gasteiger charge is 2.13. The fourth-order valence-corrected chi connectivity index (χ4v) is 6.94. The Morgan fingerprint density at radius 3 is 1.35 bits per heavy atom. The van der Waals surface area contributed by atoms with Gasteiger partial charge in [-0.1, -0.05) is 162 Å². The van der Waals surface area contributed by atoms with Gasteiger partial charge in [0.2, 0.25) is 0 Å². The van der Waals surface area contributed by atoms with Crippen molar-refractivity contribution in [2.75, 3.05) is 39.5 Å². The predicted octanol–water partition coefficient (Wildman–Crippen LogP) is 12.2. The molecule has 0 unspecified atom stereocenters. The Kier molecular flexibility index (Phi) is 32.8. The van der Waals surface area contributed by atoms with Crippen molar-refractivity contribution < 1.29 is 19.7 Å². The molecule has 0 fully saturated rings. The Bertz CT molecular complexity index is 796. The van der Waals surface area contributed by atoms with E-state index >= 15 is 0 Å². The first-order valence-corrected chi connectivity index (χ1v) is 21.5. The molecule has 0 amide bonds. The zero-order valence-electron chi connectivity index (χ0n) is 33.0. The molecular weight excluding hydrogens is 606 g/mol. The molecule has 288 valence electrons. The third-order valence-electron chi connectivity index (χ3n) is 10.1. The molecule has 2 N–H and O–H groups in total. The van der Waals surface area contributed by atoms with Crippen molar-refractivity contribution in [3.05, 3.63) is 23.8 Å². The Morgan fingerprint density at radius 1 is 0.490 bits per heavy atom. The van der Waals surface area contributed by atoms with Gasteiger partial charge in [0, 0.05) is 25.7 Å². The molecule has 0 saturated heterocycles. The molecule has 0 bridgehead atoms. The number of aryl methyl sites for hydroxylation is 1. The third-order valence-corrected chi connectivity index (χ3v) is 10.1. The number of hydrogen-bond donors (Lipinski definition) is 2. The quantitative estimate of drug-likeness (QED) is 0.0677. The Morgan fingerprint density at radius 2 is 0.898 bits per heavy atom. The number of hydrogen-bond acceptors (Lipinski definition) is 5. The Labute approximate surface area is 305 Å². The fraction of sp³-hybridized carbons (Fsp3) is 0.864. The first kappa shape index (κ1) is 45.7. The van der Waals surface area contributed by atoms with Gasteiger partial charge in [-0.2, -0.15) is 0 Å². The van der Waals surface area contributed by atoms with Crippen LogP contribution in [-0.4, -0.2) is 60.7 Å². The van der Waals surface area contributed by atoms with E-state index in [0.717, 1.165) is 30.8 Å². The second-order valence-corrected chi connectivity index (χ2v) is 14.8. The van der Waals surface area contributed by atoms with Crippen LogP contribution in [0.4, 0.5) is 0 Å². The minimum absolute atomic E-state index is 0.0885. The molecule has 0 spiro atoms. The van der Waals surface area contributed by atoms with Gasteiger partial charge in [0.05, 0.1) is 19.3 Å². The molecular formula is C44H83NO4. The molecule has 0 radical (unpaired) electrons. The second kappa shape index (κ2) is 35.1. The number of aliphatic hydroxyl groups is 2. The lowest BCUT2D eigenvalue weighted by atomic mass is 10.0. The first-order valence-electron chi connectivity index (χ1n) is 21.5. The number of ether oxygens (including phenoxy) is 2. The smallest absolute Gasteiger partial charge is 0.123 e. The summed E-state index contributed by atoms with van der Waals surface area (Å²) in [6, 6.07) is 6.60. The standard InChI is InChI=1S/C44H83NO4/c1-4-7-10-13-16-17-18-19-20-21-22-23-26-29-41-38-43(48-37-34-45(32-35-46)33-36-47)40-44(39-41)49-42(30-27-24-14-11-8-5-2)31-28-25-15-12-9-6-3/h38-40,42,46-47H,4-37H2,1-3H3. The van der Waals surface area contributed by atoms with Crippen LogP contribution in [0.25, 0.3) is 0 Å². The molecule has 0 atom stereocenters. The highest BCUT2D eigenvalue weighted by Crippen LogP contribution is 2.28. The summed E-state index contributed by atoms with van der Waals surface area (Å²) in [5.41, 5.74) is 1.32. The highest BCUT2D eigenvalue weighted by molar-refractivity contribution is 5.38. The van der Waals surface area contributed by atoms with Crippen LogP contribution in [-0.2, 0) is 6.42 Å². The van der Waals surface area contributed by atoms with E-state index in [4.69, 9.17) is 9.47 Å². The SMILES string of the molecule is CCCCCCCCCCCCCCCc1cc(OCCN(CCO)CCO)cc(OC(CCCCCCCC)CCCCCCCC)c1. The van der Waals surface area contributed by atoms with Crippen molar-refractivity contribution in [2.45, 2.75) is 207 Å². The van der Waals surface area contributed by atoms with Crippen molar-refractivity contribution in [3.8, 4) is 11.5 Å².